The summed E-state index contributed by atoms with van der Waals surface area (Å²) in [4.78, 5) is 16.9. The molecule has 0 aliphatic carbocycles. The zero-order valence-electron chi connectivity index (χ0n) is 13.4. The second kappa shape index (κ2) is 6.91. The first-order valence-electron chi connectivity index (χ1n) is 7.88. The van der Waals surface area contributed by atoms with E-state index in [1.165, 1.54) is 0 Å². The first kappa shape index (κ1) is 15.7. The smallest absolute Gasteiger partial charge is 0.257 e. The van der Waals surface area contributed by atoms with Gasteiger partial charge in [0.25, 0.3) is 5.91 Å². The van der Waals surface area contributed by atoms with E-state index in [4.69, 9.17) is 9.26 Å². The molecule has 1 aliphatic rings. The molecule has 1 saturated heterocycles. The van der Waals surface area contributed by atoms with Gasteiger partial charge in [0.2, 0.25) is 0 Å². The highest BCUT2D eigenvalue weighted by molar-refractivity contribution is 5.96. The van der Waals surface area contributed by atoms with Crippen LogP contribution >= 0.6 is 0 Å². The molecule has 6 heteroatoms. The summed E-state index contributed by atoms with van der Waals surface area (Å²) in [5.41, 5.74) is 2.14. The molecule has 2 aromatic rings. The van der Waals surface area contributed by atoms with Gasteiger partial charge in [0.1, 0.15) is 11.3 Å². The van der Waals surface area contributed by atoms with Gasteiger partial charge in [-0.2, -0.15) is 0 Å². The molecule has 3 heterocycles. The minimum absolute atomic E-state index is 0.0891. The van der Waals surface area contributed by atoms with Gasteiger partial charge in [0, 0.05) is 25.6 Å². The summed E-state index contributed by atoms with van der Waals surface area (Å²) < 4.78 is 10.6. The van der Waals surface area contributed by atoms with E-state index < -0.39 is 0 Å². The summed E-state index contributed by atoms with van der Waals surface area (Å²) in [6.45, 7) is 4.98. The Morgan fingerprint density at radius 3 is 2.74 bits per heavy atom. The Balaban J connectivity index is 1.85. The molecular weight excluding hydrogens is 294 g/mol. The lowest BCUT2D eigenvalue weighted by Crippen LogP contribution is -2.36. The first-order valence-corrected chi connectivity index (χ1v) is 7.88. The third kappa shape index (κ3) is 3.42. The van der Waals surface area contributed by atoms with Crippen LogP contribution in [0, 0.1) is 19.8 Å². The van der Waals surface area contributed by atoms with E-state index >= 15 is 0 Å². The predicted octanol–water partition coefficient (Wildman–Crippen LogP) is 2.58. The van der Waals surface area contributed by atoms with Crippen molar-refractivity contribution >= 4 is 5.91 Å². The third-order valence-corrected chi connectivity index (χ3v) is 4.33. The van der Waals surface area contributed by atoms with Crippen LogP contribution in [0.1, 0.15) is 46.3 Å². The monoisotopic (exact) mass is 315 g/mol. The molecule has 122 valence electrons. The molecule has 0 spiro atoms. The van der Waals surface area contributed by atoms with Gasteiger partial charge < -0.3 is 14.6 Å². The van der Waals surface area contributed by atoms with Gasteiger partial charge in [-0.15, -0.1) is 0 Å². The second-order valence-electron chi connectivity index (χ2n) is 5.89. The van der Waals surface area contributed by atoms with Crippen molar-refractivity contribution in [3.05, 3.63) is 47.1 Å². The predicted molar refractivity (Wildman–Crippen MR) is 84.0 cm³/mol. The molecular formula is C17H21N3O3. The average Bonchev–Trinajstić information content (AvgIpc) is 2.93. The molecule has 6 nitrogen and oxygen atoms in total. The number of carbonyl (C=O) groups excluding carboxylic acids is 1. The van der Waals surface area contributed by atoms with E-state index in [1.807, 2.05) is 18.3 Å². The van der Waals surface area contributed by atoms with Crippen LogP contribution in [0.4, 0.5) is 0 Å². The summed E-state index contributed by atoms with van der Waals surface area (Å²) >= 11 is 0. The van der Waals surface area contributed by atoms with Gasteiger partial charge in [-0.3, -0.25) is 9.78 Å². The minimum atomic E-state index is -0.151. The molecule has 3 rings (SSSR count). The molecule has 0 radical (unpaired) electrons. The van der Waals surface area contributed by atoms with Crippen molar-refractivity contribution in [3.63, 3.8) is 0 Å². The number of hydrogen-bond acceptors (Lipinski definition) is 5. The Labute approximate surface area is 135 Å². The number of hydrogen-bond donors (Lipinski definition) is 1. The molecule has 1 aliphatic heterocycles. The van der Waals surface area contributed by atoms with Crippen LogP contribution in [0.3, 0.4) is 0 Å². The van der Waals surface area contributed by atoms with Crippen molar-refractivity contribution in [1.82, 2.24) is 15.5 Å². The Morgan fingerprint density at radius 1 is 1.35 bits per heavy atom. The Hall–Kier alpha value is -2.21. The molecule has 1 atom stereocenters. The van der Waals surface area contributed by atoms with Crippen LogP contribution in [0.25, 0.3) is 0 Å². The molecule has 1 fully saturated rings. The van der Waals surface area contributed by atoms with Crippen molar-refractivity contribution < 1.29 is 14.1 Å². The zero-order valence-corrected chi connectivity index (χ0v) is 13.4. The Kier molecular flexibility index (Phi) is 4.71. The van der Waals surface area contributed by atoms with Crippen molar-refractivity contribution in [1.29, 1.82) is 0 Å². The molecule has 0 aromatic carbocycles. The fraction of sp³-hybridized carbons (Fsp3) is 0.471. The summed E-state index contributed by atoms with van der Waals surface area (Å²) in [6, 6.07) is 3.80. The molecule has 2 aromatic heterocycles. The van der Waals surface area contributed by atoms with Crippen molar-refractivity contribution in [2.75, 3.05) is 13.2 Å². The van der Waals surface area contributed by atoms with E-state index in [2.05, 4.69) is 15.5 Å². The van der Waals surface area contributed by atoms with Gasteiger partial charge >= 0.3 is 0 Å². The zero-order chi connectivity index (χ0) is 16.2. The van der Waals surface area contributed by atoms with Crippen LogP contribution < -0.4 is 5.32 Å². The van der Waals surface area contributed by atoms with E-state index in [0.717, 1.165) is 31.6 Å². The highest BCUT2D eigenvalue weighted by atomic mass is 16.5. The Bertz CT molecular complexity index is 643. The number of nitrogens with zero attached hydrogens (tertiary/aromatic N) is 2. The maximum absolute atomic E-state index is 12.7. The number of aromatic nitrogens is 2. The molecule has 23 heavy (non-hydrogen) atoms. The SMILES string of the molecule is Cc1noc(C)c1C(=O)NC(c1cccnc1)C1CCOCC1. The number of nitrogens with one attached hydrogen (secondary N) is 1. The Morgan fingerprint density at radius 2 is 2.13 bits per heavy atom. The molecule has 1 amide bonds. The number of aryl methyl sites for hydroxylation is 2. The minimum Gasteiger partial charge on any atom is -0.381 e. The highest BCUT2D eigenvalue weighted by Gasteiger charge is 2.29. The van der Waals surface area contributed by atoms with Crippen LogP contribution in [-0.2, 0) is 4.74 Å². The molecule has 0 saturated carbocycles. The number of rotatable bonds is 4. The normalized spacial score (nSPS) is 17.0. The fourth-order valence-corrected chi connectivity index (χ4v) is 3.10. The lowest BCUT2D eigenvalue weighted by molar-refractivity contribution is 0.0513. The lowest BCUT2D eigenvalue weighted by atomic mass is 9.87. The fourth-order valence-electron chi connectivity index (χ4n) is 3.10. The van der Waals surface area contributed by atoms with Gasteiger partial charge in [0.05, 0.1) is 11.7 Å². The number of amides is 1. The van der Waals surface area contributed by atoms with E-state index in [1.54, 1.807) is 20.0 Å². The van der Waals surface area contributed by atoms with Gasteiger partial charge in [-0.1, -0.05) is 11.2 Å². The maximum atomic E-state index is 12.7. The van der Waals surface area contributed by atoms with Crippen molar-refractivity contribution in [2.24, 2.45) is 5.92 Å². The van der Waals surface area contributed by atoms with E-state index in [-0.39, 0.29) is 11.9 Å². The summed E-state index contributed by atoms with van der Waals surface area (Å²) in [6.07, 6.45) is 5.39. The average molecular weight is 315 g/mol. The standard InChI is InChI=1S/C17H21N3O3/c1-11-15(12(2)23-20-11)17(21)19-16(13-5-8-22-9-6-13)14-4-3-7-18-10-14/h3-4,7,10,13,16H,5-6,8-9H2,1-2H3,(H,19,21). The molecule has 1 N–H and O–H groups in total. The summed E-state index contributed by atoms with van der Waals surface area (Å²) in [7, 11) is 0. The van der Waals surface area contributed by atoms with Gasteiger partial charge in [-0.05, 0) is 44.2 Å². The van der Waals surface area contributed by atoms with Crippen molar-refractivity contribution in [3.8, 4) is 0 Å². The highest BCUT2D eigenvalue weighted by Crippen LogP contribution is 2.30. The number of carbonyl (C=O) groups is 1. The van der Waals surface area contributed by atoms with Crippen LogP contribution in [-0.4, -0.2) is 29.3 Å². The quantitative estimate of drug-likeness (QED) is 0.938. The first-order chi connectivity index (χ1) is 11.2. The maximum Gasteiger partial charge on any atom is 0.257 e. The largest absolute Gasteiger partial charge is 0.381 e. The summed E-state index contributed by atoms with van der Waals surface area (Å²) in [5.74, 6) is 0.718. The number of pyridine rings is 1. The summed E-state index contributed by atoms with van der Waals surface area (Å²) in [5, 5.41) is 7.01. The lowest BCUT2D eigenvalue weighted by Gasteiger charge is -2.31. The third-order valence-electron chi connectivity index (χ3n) is 4.33. The van der Waals surface area contributed by atoms with Gasteiger partial charge in [0.15, 0.2) is 0 Å². The number of ether oxygens (including phenoxy) is 1. The van der Waals surface area contributed by atoms with Gasteiger partial charge in [-0.25, -0.2) is 0 Å². The second-order valence-corrected chi connectivity index (χ2v) is 5.89. The molecule has 1 unspecified atom stereocenters. The topological polar surface area (TPSA) is 77.3 Å². The van der Waals surface area contributed by atoms with E-state index in [0.29, 0.717) is 22.9 Å². The van der Waals surface area contributed by atoms with Crippen LogP contribution in [0.5, 0.6) is 0 Å². The van der Waals surface area contributed by atoms with E-state index in [9.17, 15) is 4.79 Å². The molecule has 0 bridgehead atoms. The van der Waals surface area contributed by atoms with Crippen LogP contribution in [0.15, 0.2) is 29.0 Å². The van der Waals surface area contributed by atoms with Crippen LogP contribution in [0.2, 0.25) is 0 Å². The van der Waals surface area contributed by atoms with Crippen molar-refractivity contribution in [2.45, 2.75) is 32.7 Å².